The maximum atomic E-state index is 11.4. The lowest BCUT2D eigenvalue weighted by atomic mass is 9.98. The number of carboxylic acid groups (broad SMARTS) is 1. The minimum atomic E-state index is -0.943. The van der Waals surface area contributed by atoms with E-state index in [4.69, 9.17) is 4.74 Å². The number of benzene rings is 3. The van der Waals surface area contributed by atoms with E-state index in [0.29, 0.717) is 18.7 Å². The van der Waals surface area contributed by atoms with E-state index >= 15 is 0 Å². The van der Waals surface area contributed by atoms with Crippen LogP contribution in [0.15, 0.2) is 72.8 Å². The summed E-state index contributed by atoms with van der Waals surface area (Å²) in [6.45, 7) is 3.99. The molecule has 0 aliphatic carbocycles. The lowest BCUT2D eigenvalue weighted by molar-refractivity contribution is 0.0688. The van der Waals surface area contributed by atoms with Crippen molar-refractivity contribution in [3.63, 3.8) is 0 Å². The number of hydrogen-bond acceptors (Lipinski definition) is 4. The average molecular weight is 456 g/mol. The van der Waals surface area contributed by atoms with Gasteiger partial charge in [0, 0.05) is 13.2 Å². The molecular weight excluding hydrogens is 426 g/mol. The molecule has 0 unspecified atom stereocenters. The molecule has 0 spiro atoms. The third-order valence-electron chi connectivity index (χ3n) is 5.20. The second kappa shape index (κ2) is 13.0. The molecular formula is C26H30ClNO4. The first kappa shape index (κ1) is 25.6. The summed E-state index contributed by atoms with van der Waals surface area (Å²) in [4.78, 5) is 11.4. The number of aliphatic hydroxyl groups is 1. The van der Waals surface area contributed by atoms with Gasteiger partial charge in [0.15, 0.2) is 0 Å². The molecule has 0 heterocycles. The Hall–Kier alpha value is -2.70. The van der Waals surface area contributed by atoms with Crippen molar-refractivity contribution in [3.8, 4) is 11.1 Å². The SMILES string of the molecule is CCOCc1cc(-c2ccc(CCNC[C@H](O)c3ccccc3)cc2)ccc1C(=O)O.Cl. The van der Waals surface area contributed by atoms with Gasteiger partial charge in [-0.2, -0.15) is 0 Å². The van der Waals surface area contributed by atoms with Crippen LogP contribution in [0.3, 0.4) is 0 Å². The fraction of sp³-hybridized carbons (Fsp3) is 0.269. The molecule has 1 atom stereocenters. The van der Waals surface area contributed by atoms with Gasteiger partial charge in [0.2, 0.25) is 0 Å². The standard InChI is InChI=1S/C26H29NO4.ClH/c1-2-31-18-23-16-22(12-13-24(23)26(29)30)20-10-8-19(9-11-20)14-15-27-17-25(28)21-6-4-3-5-7-21;/h3-13,16,25,27-28H,2,14-15,17-18H2,1H3,(H,29,30);1H/t25-;/m0./s1. The topological polar surface area (TPSA) is 78.8 Å². The summed E-state index contributed by atoms with van der Waals surface area (Å²) in [7, 11) is 0. The highest BCUT2D eigenvalue weighted by atomic mass is 35.5. The van der Waals surface area contributed by atoms with Gasteiger partial charge in [-0.3, -0.25) is 0 Å². The zero-order valence-electron chi connectivity index (χ0n) is 18.2. The van der Waals surface area contributed by atoms with E-state index in [2.05, 4.69) is 17.4 Å². The molecule has 0 radical (unpaired) electrons. The van der Waals surface area contributed by atoms with Crippen LogP contribution in [0, 0.1) is 0 Å². The molecule has 170 valence electrons. The molecule has 0 bridgehead atoms. The molecule has 3 aromatic carbocycles. The number of hydrogen-bond donors (Lipinski definition) is 3. The van der Waals surface area contributed by atoms with E-state index in [9.17, 15) is 15.0 Å². The number of aromatic carboxylic acids is 1. The molecule has 32 heavy (non-hydrogen) atoms. The predicted molar refractivity (Wildman–Crippen MR) is 129 cm³/mol. The Bertz CT molecular complexity index is 977. The summed E-state index contributed by atoms with van der Waals surface area (Å²) in [6, 6.07) is 23.3. The fourth-order valence-corrected chi connectivity index (χ4v) is 3.44. The van der Waals surface area contributed by atoms with E-state index in [1.165, 1.54) is 5.56 Å². The number of carboxylic acids is 1. The Morgan fingerprint density at radius 1 is 1.00 bits per heavy atom. The van der Waals surface area contributed by atoms with Crippen LogP contribution >= 0.6 is 12.4 Å². The van der Waals surface area contributed by atoms with Gasteiger partial charge in [0.05, 0.1) is 18.3 Å². The van der Waals surface area contributed by atoms with Crippen LogP contribution in [0.5, 0.6) is 0 Å². The Kier molecular flexibility index (Phi) is 10.4. The van der Waals surface area contributed by atoms with Gasteiger partial charge in [-0.05, 0) is 59.8 Å². The maximum absolute atomic E-state index is 11.4. The number of ether oxygens (including phenoxy) is 1. The molecule has 0 amide bonds. The largest absolute Gasteiger partial charge is 0.478 e. The molecule has 0 aliphatic rings. The summed E-state index contributed by atoms with van der Waals surface area (Å²) >= 11 is 0. The Balaban J connectivity index is 0.00000363. The number of nitrogens with one attached hydrogen (secondary N) is 1. The van der Waals surface area contributed by atoms with Crippen LogP contribution in [-0.2, 0) is 17.8 Å². The van der Waals surface area contributed by atoms with Crippen molar-refractivity contribution >= 4 is 18.4 Å². The average Bonchev–Trinajstić information content (AvgIpc) is 2.81. The molecule has 6 heteroatoms. The van der Waals surface area contributed by atoms with Crippen molar-refractivity contribution in [1.82, 2.24) is 5.32 Å². The van der Waals surface area contributed by atoms with Crippen LogP contribution < -0.4 is 5.32 Å². The molecule has 0 saturated heterocycles. The first-order valence-corrected chi connectivity index (χ1v) is 10.6. The van der Waals surface area contributed by atoms with Gasteiger partial charge in [-0.25, -0.2) is 4.79 Å². The highest BCUT2D eigenvalue weighted by molar-refractivity contribution is 5.90. The van der Waals surface area contributed by atoms with E-state index < -0.39 is 12.1 Å². The maximum Gasteiger partial charge on any atom is 0.336 e. The first-order chi connectivity index (χ1) is 15.1. The normalized spacial score (nSPS) is 11.6. The van der Waals surface area contributed by atoms with E-state index in [0.717, 1.165) is 29.7 Å². The lowest BCUT2D eigenvalue weighted by Gasteiger charge is -2.12. The van der Waals surface area contributed by atoms with Gasteiger partial charge < -0.3 is 20.3 Å². The van der Waals surface area contributed by atoms with Crippen molar-refractivity contribution in [2.45, 2.75) is 26.1 Å². The van der Waals surface area contributed by atoms with Crippen LogP contribution in [0.2, 0.25) is 0 Å². The number of rotatable bonds is 11. The van der Waals surface area contributed by atoms with Crippen LogP contribution in [0.25, 0.3) is 11.1 Å². The highest BCUT2D eigenvalue weighted by Crippen LogP contribution is 2.24. The Labute approximate surface area is 195 Å². The second-order valence-electron chi connectivity index (χ2n) is 7.39. The van der Waals surface area contributed by atoms with Crippen molar-refractivity contribution < 1.29 is 19.7 Å². The van der Waals surface area contributed by atoms with Gasteiger partial charge in [-0.15, -0.1) is 12.4 Å². The molecule has 3 N–H and O–H groups in total. The van der Waals surface area contributed by atoms with E-state index in [1.807, 2.05) is 61.5 Å². The quantitative estimate of drug-likeness (QED) is 0.359. The monoisotopic (exact) mass is 455 g/mol. The van der Waals surface area contributed by atoms with Crippen molar-refractivity contribution in [2.24, 2.45) is 0 Å². The van der Waals surface area contributed by atoms with Crippen molar-refractivity contribution in [2.75, 3.05) is 19.7 Å². The number of carbonyl (C=O) groups is 1. The highest BCUT2D eigenvalue weighted by Gasteiger charge is 2.12. The molecule has 0 aliphatic heterocycles. The summed E-state index contributed by atoms with van der Waals surface area (Å²) < 4.78 is 5.43. The first-order valence-electron chi connectivity index (χ1n) is 10.6. The van der Waals surface area contributed by atoms with Crippen LogP contribution in [0.4, 0.5) is 0 Å². The van der Waals surface area contributed by atoms with Crippen molar-refractivity contribution in [3.05, 3.63) is 95.1 Å². The minimum Gasteiger partial charge on any atom is -0.478 e. The van der Waals surface area contributed by atoms with Gasteiger partial charge in [-0.1, -0.05) is 60.7 Å². The molecule has 3 rings (SSSR count). The minimum absolute atomic E-state index is 0. The van der Waals surface area contributed by atoms with E-state index in [1.54, 1.807) is 6.07 Å². The number of aliphatic hydroxyl groups excluding tert-OH is 1. The third-order valence-corrected chi connectivity index (χ3v) is 5.20. The van der Waals surface area contributed by atoms with Gasteiger partial charge in [0.1, 0.15) is 0 Å². The molecule has 0 aromatic heterocycles. The van der Waals surface area contributed by atoms with E-state index in [-0.39, 0.29) is 24.6 Å². The molecule has 3 aromatic rings. The van der Waals surface area contributed by atoms with Crippen LogP contribution in [-0.4, -0.2) is 35.9 Å². The second-order valence-corrected chi connectivity index (χ2v) is 7.39. The zero-order chi connectivity index (χ0) is 22.1. The molecule has 0 saturated carbocycles. The molecule has 0 fully saturated rings. The Morgan fingerprint density at radius 2 is 1.69 bits per heavy atom. The Morgan fingerprint density at radius 3 is 2.34 bits per heavy atom. The van der Waals surface area contributed by atoms with Crippen LogP contribution in [0.1, 0.15) is 40.1 Å². The lowest BCUT2D eigenvalue weighted by Crippen LogP contribution is -2.23. The number of halogens is 1. The van der Waals surface area contributed by atoms with Crippen molar-refractivity contribution in [1.29, 1.82) is 0 Å². The summed E-state index contributed by atoms with van der Waals surface area (Å²) in [5.41, 5.74) is 5.06. The smallest absolute Gasteiger partial charge is 0.336 e. The summed E-state index contributed by atoms with van der Waals surface area (Å²) in [6.07, 6.45) is 0.346. The predicted octanol–water partition coefficient (Wildman–Crippen LogP) is 4.88. The summed E-state index contributed by atoms with van der Waals surface area (Å²) in [5.74, 6) is -0.943. The third kappa shape index (κ3) is 7.18. The fourth-order valence-electron chi connectivity index (χ4n) is 3.44. The summed E-state index contributed by atoms with van der Waals surface area (Å²) in [5, 5.41) is 22.9. The van der Waals surface area contributed by atoms with Gasteiger partial charge >= 0.3 is 5.97 Å². The zero-order valence-corrected chi connectivity index (χ0v) is 19.0. The molecule has 5 nitrogen and oxygen atoms in total. The van der Waals surface area contributed by atoms with Gasteiger partial charge in [0.25, 0.3) is 0 Å².